The Hall–Kier alpha value is -1.68. The Balaban J connectivity index is 1.80. The molecule has 2 aromatic rings. The quantitative estimate of drug-likeness (QED) is 0.890. The average molecular weight is 336 g/mol. The minimum absolute atomic E-state index is 0.0561. The molecule has 2 aromatic carbocycles. The number of halogens is 2. The van der Waals surface area contributed by atoms with E-state index in [1.165, 1.54) is 6.07 Å². The van der Waals surface area contributed by atoms with Gasteiger partial charge in [-0.15, -0.1) is 0 Å². The van der Waals surface area contributed by atoms with Gasteiger partial charge in [0.05, 0.1) is 6.42 Å². The zero-order valence-electron chi connectivity index (χ0n) is 10.9. The smallest absolute Gasteiger partial charge is 0.224 e. The lowest BCUT2D eigenvalue weighted by atomic mass is 10.1. The number of nitrogens with one attached hydrogen (secondary N) is 1. The van der Waals surface area contributed by atoms with Crippen molar-refractivity contribution < 1.29 is 9.18 Å². The van der Waals surface area contributed by atoms with Crippen LogP contribution in [0.3, 0.4) is 0 Å². The van der Waals surface area contributed by atoms with Crippen LogP contribution >= 0.6 is 15.9 Å². The highest BCUT2D eigenvalue weighted by Crippen LogP contribution is 2.12. The fourth-order valence-electron chi connectivity index (χ4n) is 1.93. The molecule has 1 N–H and O–H groups in total. The van der Waals surface area contributed by atoms with Crippen LogP contribution in [0.5, 0.6) is 0 Å². The highest BCUT2D eigenvalue weighted by Gasteiger charge is 2.05. The summed E-state index contributed by atoms with van der Waals surface area (Å²) < 4.78 is 14.3. The Bertz CT molecular complexity index is 601. The van der Waals surface area contributed by atoms with Gasteiger partial charge in [0.15, 0.2) is 0 Å². The number of carbonyl (C=O) groups excluding carboxylic acids is 1. The summed E-state index contributed by atoms with van der Waals surface area (Å²) in [4.78, 5) is 11.8. The maximum Gasteiger partial charge on any atom is 0.224 e. The molecule has 0 saturated carbocycles. The van der Waals surface area contributed by atoms with Gasteiger partial charge in [0.25, 0.3) is 0 Å². The van der Waals surface area contributed by atoms with Crippen molar-refractivity contribution in [2.45, 2.75) is 12.8 Å². The average Bonchev–Trinajstić information content (AvgIpc) is 2.41. The zero-order valence-corrected chi connectivity index (χ0v) is 12.5. The van der Waals surface area contributed by atoms with Crippen molar-refractivity contribution in [2.24, 2.45) is 0 Å². The van der Waals surface area contributed by atoms with Gasteiger partial charge >= 0.3 is 0 Å². The molecule has 0 fully saturated rings. The summed E-state index contributed by atoms with van der Waals surface area (Å²) in [5.41, 5.74) is 1.57. The minimum Gasteiger partial charge on any atom is -0.355 e. The van der Waals surface area contributed by atoms with E-state index in [-0.39, 0.29) is 11.7 Å². The summed E-state index contributed by atoms with van der Waals surface area (Å²) in [6, 6.07) is 14.2. The Morgan fingerprint density at radius 1 is 1.15 bits per heavy atom. The van der Waals surface area contributed by atoms with E-state index >= 15 is 0 Å². The Morgan fingerprint density at radius 2 is 1.95 bits per heavy atom. The molecule has 0 heterocycles. The monoisotopic (exact) mass is 335 g/mol. The highest BCUT2D eigenvalue weighted by atomic mass is 79.9. The number of rotatable bonds is 5. The van der Waals surface area contributed by atoms with Gasteiger partial charge < -0.3 is 5.32 Å². The summed E-state index contributed by atoms with van der Waals surface area (Å²) in [7, 11) is 0. The predicted octanol–water partition coefficient (Wildman–Crippen LogP) is 3.49. The first kappa shape index (κ1) is 14.7. The Labute approximate surface area is 126 Å². The molecule has 2 nitrogen and oxygen atoms in total. The van der Waals surface area contributed by atoms with Gasteiger partial charge in [-0.2, -0.15) is 0 Å². The van der Waals surface area contributed by atoms with Crippen LogP contribution in [-0.2, 0) is 17.6 Å². The van der Waals surface area contributed by atoms with Crippen molar-refractivity contribution >= 4 is 21.8 Å². The third-order valence-electron chi connectivity index (χ3n) is 2.93. The molecular weight excluding hydrogens is 321 g/mol. The van der Waals surface area contributed by atoms with E-state index in [1.54, 1.807) is 18.2 Å². The van der Waals surface area contributed by atoms with Crippen molar-refractivity contribution in [1.29, 1.82) is 0 Å². The molecule has 0 aliphatic heterocycles. The molecule has 0 unspecified atom stereocenters. The van der Waals surface area contributed by atoms with Crippen LogP contribution < -0.4 is 5.32 Å². The normalized spacial score (nSPS) is 10.3. The molecule has 0 aromatic heterocycles. The summed E-state index contributed by atoms with van der Waals surface area (Å²) in [5.74, 6) is -0.284. The molecule has 20 heavy (non-hydrogen) atoms. The first-order valence-electron chi connectivity index (χ1n) is 6.40. The van der Waals surface area contributed by atoms with Crippen molar-refractivity contribution in [2.75, 3.05) is 6.54 Å². The fraction of sp³-hybridized carbons (Fsp3) is 0.188. The molecule has 0 aliphatic rings. The van der Waals surface area contributed by atoms with E-state index < -0.39 is 0 Å². The van der Waals surface area contributed by atoms with Crippen LogP contribution in [0.1, 0.15) is 11.1 Å². The molecule has 4 heteroatoms. The zero-order chi connectivity index (χ0) is 14.4. The van der Waals surface area contributed by atoms with Crippen LogP contribution in [0.25, 0.3) is 0 Å². The maximum absolute atomic E-state index is 13.4. The molecule has 0 saturated heterocycles. The topological polar surface area (TPSA) is 29.1 Å². The number of hydrogen-bond acceptors (Lipinski definition) is 1. The van der Waals surface area contributed by atoms with Gasteiger partial charge in [-0.05, 0) is 35.7 Å². The van der Waals surface area contributed by atoms with Gasteiger partial charge in [0.2, 0.25) is 5.91 Å². The molecule has 0 bridgehead atoms. The highest BCUT2D eigenvalue weighted by molar-refractivity contribution is 9.10. The summed E-state index contributed by atoms with van der Waals surface area (Å²) >= 11 is 3.37. The first-order valence-corrected chi connectivity index (χ1v) is 7.19. The first-order chi connectivity index (χ1) is 9.65. The van der Waals surface area contributed by atoms with E-state index in [4.69, 9.17) is 0 Å². The van der Waals surface area contributed by atoms with Crippen molar-refractivity contribution in [3.8, 4) is 0 Å². The van der Waals surface area contributed by atoms with Crippen LogP contribution in [0.15, 0.2) is 53.0 Å². The van der Waals surface area contributed by atoms with Crippen molar-refractivity contribution in [3.63, 3.8) is 0 Å². The second kappa shape index (κ2) is 7.20. The molecule has 0 atom stereocenters. The van der Waals surface area contributed by atoms with E-state index in [0.29, 0.717) is 24.9 Å². The molecule has 0 spiro atoms. The minimum atomic E-state index is -0.228. The lowest BCUT2D eigenvalue weighted by Crippen LogP contribution is -2.27. The SMILES string of the molecule is O=C(Cc1cccc(Br)c1)NCCc1ccccc1F. The molecule has 104 valence electrons. The van der Waals surface area contributed by atoms with Crippen LogP contribution in [0.2, 0.25) is 0 Å². The van der Waals surface area contributed by atoms with Gasteiger partial charge in [-0.3, -0.25) is 4.79 Å². The van der Waals surface area contributed by atoms with Gasteiger partial charge in [0.1, 0.15) is 5.82 Å². The molecular formula is C16H15BrFNO. The maximum atomic E-state index is 13.4. The number of benzene rings is 2. The predicted molar refractivity (Wildman–Crippen MR) is 81.0 cm³/mol. The van der Waals surface area contributed by atoms with Crippen LogP contribution in [-0.4, -0.2) is 12.5 Å². The molecule has 2 rings (SSSR count). The lowest BCUT2D eigenvalue weighted by molar-refractivity contribution is -0.120. The van der Waals surface area contributed by atoms with Crippen molar-refractivity contribution in [1.82, 2.24) is 5.32 Å². The van der Waals surface area contributed by atoms with Crippen LogP contribution in [0, 0.1) is 5.82 Å². The van der Waals surface area contributed by atoms with Crippen LogP contribution in [0.4, 0.5) is 4.39 Å². The van der Waals surface area contributed by atoms with E-state index in [9.17, 15) is 9.18 Å². The number of carbonyl (C=O) groups is 1. The van der Waals surface area contributed by atoms with Crippen molar-refractivity contribution in [3.05, 3.63) is 69.9 Å². The summed E-state index contributed by atoms with van der Waals surface area (Å²) in [5, 5.41) is 2.81. The van der Waals surface area contributed by atoms with E-state index in [2.05, 4.69) is 21.2 Å². The third kappa shape index (κ3) is 4.46. The Kier molecular flexibility index (Phi) is 5.30. The number of amides is 1. The summed E-state index contributed by atoms with van der Waals surface area (Å²) in [6.45, 7) is 0.438. The molecule has 0 radical (unpaired) electrons. The largest absolute Gasteiger partial charge is 0.355 e. The number of hydrogen-bond donors (Lipinski definition) is 1. The fourth-order valence-corrected chi connectivity index (χ4v) is 2.38. The third-order valence-corrected chi connectivity index (χ3v) is 3.42. The second-order valence-corrected chi connectivity index (χ2v) is 5.41. The van der Waals surface area contributed by atoms with Gasteiger partial charge in [-0.1, -0.05) is 46.3 Å². The van der Waals surface area contributed by atoms with Gasteiger partial charge in [-0.25, -0.2) is 4.39 Å². The molecule has 0 aliphatic carbocycles. The van der Waals surface area contributed by atoms with E-state index in [1.807, 2.05) is 24.3 Å². The van der Waals surface area contributed by atoms with E-state index in [0.717, 1.165) is 10.0 Å². The Morgan fingerprint density at radius 3 is 2.70 bits per heavy atom. The lowest BCUT2D eigenvalue weighted by Gasteiger charge is -2.06. The van der Waals surface area contributed by atoms with Gasteiger partial charge in [0, 0.05) is 11.0 Å². The molecule has 1 amide bonds. The second-order valence-electron chi connectivity index (χ2n) is 4.50. The standard InChI is InChI=1S/C16H15BrFNO/c17-14-6-3-4-12(10-14)11-16(20)19-9-8-13-5-1-2-7-15(13)18/h1-7,10H,8-9,11H2,(H,19,20). The summed E-state index contributed by atoms with van der Waals surface area (Å²) in [6.07, 6.45) is 0.827.